The minimum atomic E-state index is -3.93. The maximum Gasteiger partial charge on any atom is 0.421 e. The highest BCUT2D eigenvalue weighted by Crippen LogP contribution is 2.05. The van der Waals surface area contributed by atoms with Gasteiger partial charge in [0.1, 0.15) is 0 Å². The van der Waals surface area contributed by atoms with E-state index in [1.54, 1.807) is 25.5 Å². The standard InChI is InChI=1S/C7H15ClN2O4S/c1-4-14-6(11)9-15(12,13)10-7(2,3)5-8/h10H,4-5H2,1-3H3,(H,9,11). The van der Waals surface area contributed by atoms with Gasteiger partial charge in [-0.2, -0.15) is 13.1 Å². The molecular weight excluding hydrogens is 244 g/mol. The number of carbonyl (C=O) groups is 1. The van der Waals surface area contributed by atoms with Gasteiger partial charge < -0.3 is 4.74 Å². The Labute approximate surface area is 94.5 Å². The maximum absolute atomic E-state index is 11.3. The van der Waals surface area contributed by atoms with E-state index < -0.39 is 21.8 Å². The lowest BCUT2D eigenvalue weighted by molar-refractivity contribution is 0.158. The van der Waals surface area contributed by atoms with Crippen molar-refractivity contribution in [3.63, 3.8) is 0 Å². The molecule has 2 N–H and O–H groups in total. The summed E-state index contributed by atoms with van der Waals surface area (Å²) in [6.07, 6.45) is -1.02. The van der Waals surface area contributed by atoms with Crippen molar-refractivity contribution >= 4 is 27.9 Å². The molecule has 0 fully saturated rings. The Hall–Kier alpha value is -0.530. The summed E-state index contributed by atoms with van der Waals surface area (Å²) in [5.41, 5.74) is -0.833. The number of hydrogen-bond donors (Lipinski definition) is 2. The number of rotatable bonds is 5. The second-order valence-electron chi connectivity index (χ2n) is 3.45. The van der Waals surface area contributed by atoms with Crippen LogP contribution in [0.1, 0.15) is 20.8 Å². The van der Waals surface area contributed by atoms with Gasteiger partial charge >= 0.3 is 16.3 Å². The van der Waals surface area contributed by atoms with Gasteiger partial charge in [0, 0.05) is 11.4 Å². The molecule has 6 nitrogen and oxygen atoms in total. The van der Waals surface area contributed by atoms with E-state index in [-0.39, 0.29) is 12.5 Å². The topological polar surface area (TPSA) is 84.5 Å². The number of halogens is 1. The number of hydrogen-bond acceptors (Lipinski definition) is 4. The first-order valence-electron chi connectivity index (χ1n) is 4.27. The predicted molar refractivity (Wildman–Crippen MR) is 57.0 cm³/mol. The number of nitrogens with one attached hydrogen (secondary N) is 2. The van der Waals surface area contributed by atoms with E-state index in [0.717, 1.165) is 0 Å². The van der Waals surface area contributed by atoms with Crippen LogP contribution in [0.15, 0.2) is 0 Å². The third kappa shape index (κ3) is 6.53. The van der Waals surface area contributed by atoms with Crippen LogP contribution >= 0.6 is 11.6 Å². The average Bonchev–Trinajstić information content (AvgIpc) is 2.01. The first-order valence-corrected chi connectivity index (χ1v) is 6.28. The maximum atomic E-state index is 11.3. The molecule has 0 saturated heterocycles. The Morgan fingerprint density at radius 2 is 2.00 bits per heavy atom. The van der Waals surface area contributed by atoms with Crippen LogP contribution < -0.4 is 9.44 Å². The molecule has 0 unspecified atom stereocenters. The van der Waals surface area contributed by atoms with Gasteiger partial charge in [-0.15, -0.1) is 11.6 Å². The molecule has 0 aliphatic heterocycles. The van der Waals surface area contributed by atoms with E-state index in [2.05, 4.69) is 9.46 Å². The van der Waals surface area contributed by atoms with Crippen molar-refractivity contribution in [2.45, 2.75) is 26.3 Å². The molecule has 0 atom stereocenters. The van der Waals surface area contributed by atoms with Crippen molar-refractivity contribution < 1.29 is 17.9 Å². The van der Waals surface area contributed by atoms with Crippen LogP contribution in [0.5, 0.6) is 0 Å². The number of alkyl halides is 1. The van der Waals surface area contributed by atoms with Crippen LogP contribution in [0.3, 0.4) is 0 Å². The fourth-order valence-electron chi connectivity index (χ4n) is 0.687. The molecule has 90 valence electrons. The molecular formula is C7H15ClN2O4S. The van der Waals surface area contributed by atoms with E-state index >= 15 is 0 Å². The van der Waals surface area contributed by atoms with Gasteiger partial charge in [0.05, 0.1) is 6.61 Å². The monoisotopic (exact) mass is 258 g/mol. The summed E-state index contributed by atoms with van der Waals surface area (Å²) < 4.78 is 30.9. The Kier molecular flexibility index (Phi) is 5.33. The zero-order valence-corrected chi connectivity index (χ0v) is 10.4. The fraction of sp³-hybridized carbons (Fsp3) is 0.857. The number of carbonyl (C=O) groups excluding carboxylic acids is 1. The number of amides is 1. The van der Waals surface area contributed by atoms with Crippen LogP contribution in [0.2, 0.25) is 0 Å². The molecule has 0 aromatic rings. The van der Waals surface area contributed by atoms with Gasteiger partial charge in [-0.25, -0.2) is 9.52 Å². The lowest BCUT2D eigenvalue weighted by atomic mass is 10.1. The van der Waals surface area contributed by atoms with E-state index in [0.29, 0.717) is 0 Å². The summed E-state index contributed by atoms with van der Waals surface area (Å²) in [7, 11) is -3.93. The SMILES string of the molecule is CCOC(=O)NS(=O)(=O)NC(C)(C)CCl. The minimum absolute atomic E-state index is 0.0801. The molecule has 0 bridgehead atoms. The zero-order chi connectivity index (χ0) is 12.1. The van der Waals surface area contributed by atoms with Gasteiger partial charge in [-0.05, 0) is 20.8 Å². The third-order valence-electron chi connectivity index (χ3n) is 1.24. The molecule has 1 amide bonds. The van der Waals surface area contributed by atoms with Crippen LogP contribution in [0, 0.1) is 0 Å². The van der Waals surface area contributed by atoms with Crippen LogP contribution in [0.4, 0.5) is 4.79 Å². The molecule has 0 radical (unpaired) electrons. The van der Waals surface area contributed by atoms with Crippen molar-refractivity contribution in [1.29, 1.82) is 0 Å². The normalized spacial score (nSPS) is 12.3. The van der Waals surface area contributed by atoms with Crippen molar-refractivity contribution in [1.82, 2.24) is 9.44 Å². The zero-order valence-electron chi connectivity index (χ0n) is 8.83. The summed E-state index contributed by atoms with van der Waals surface area (Å²) >= 11 is 5.53. The Morgan fingerprint density at radius 1 is 1.47 bits per heavy atom. The Bertz CT molecular complexity index is 315. The first kappa shape index (κ1) is 14.5. The predicted octanol–water partition coefficient (Wildman–Crippen LogP) is 0.584. The van der Waals surface area contributed by atoms with Gasteiger partial charge in [0.25, 0.3) is 0 Å². The fourth-order valence-corrected chi connectivity index (χ4v) is 1.96. The largest absolute Gasteiger partial charge is 0.449 e. The van der Waals surface area contributed by atoms with Crippen LogP contribution in [0.25, 0.3) is 0 Å². The second kappa shape index (κ2) is 5.53. The summed E-state index contributed by atoms with van der Waals surface area (Å²) in [6.45, 7) is 4.84. The van der Waals surface area contributed by atoms with Gasteiger partial charge in [-0.1, -0.05) is 0 Å². The quantitative estimate of drug-likeness (QED) is 0.707. The Morgan fingerprint density at radius 3 is 2.40 bits per heavy atom. The van der Waals surface area contributed by atoms with Gasteiger partial charge in [-0.3, -0.25) is 0 Å². The van der Waals surface area contributed by atoms with Crippen molar-refractivity contribution in [3.05, 3.63) is 0 Å². The molecule has 0 aliphatic carbocycles. The lowest BCUT2D eigenvalue weighted by Gasteiger charge is -2.22. The highest BCUT2D eigenvalue weighted by molar-refractivity contribution is 7.88. The first-order chi connectivity index (χ1) is 6.72. The highest BCUT2D eigenvalue weighted by atomic mass is 35.5. The van der Waals surface area contributed by atoms with Crippen LogP contribution in [-0.2, 0) is 14.9 Å². The molecule has 0 heterocycles. The van der Waals surface area contributed by atoms with Crippen molar-refractivity contribution in [3.8, 4) is 0 Å². The molecule has 0 aliphatic rings. The van der Waals surface area contributed by atoms with Gasteiger partial charge in [0.2, 0.25) is 0 Å². The average molecular weight is 259 g/mol. The summed E-state index contributed by atoms with van der Waals surface area (Å²) in [4.78, 5) is 10.8. The molecule has 0 saturated carbocycles. The smallest absolute Gasteiger partial charge is 0.421 e. The molecule has 8 heteroatoms. The third-order valence-corrected chi connectivity index (χ3v) is 3.16. The van der Waals surface area contributed by atoms with E-state index in [1.165, 1.54) is 0 Å². The van der Waals surface area contributed by atoms with Gasteiger partial charge in [0.15, 0.2) is 0 Å². The van der Waals surface area contributed by atoms with Crippen LogP contribution in [-0.4, -0.2) is 32.5 Å². The van der Waals surface area contributed by atoms with E-state index in [4.69, 9.17) is 11.6 Å². The highest BCUT2D eigenvalue weighted by Gasteiger charge is 2.25. The summed E-state index contributed by atoms with van der Waals surface area (Å²) in [6, 6.07) is 0. The molecule has 0 aromatic carbocycles. The lowest BCUT2D eigenvalue weighted by Crippen LogP contribution is -2.51. The second-order valence-corrected chi connectivity index (χ2v) is 5.13. The summed E-state index contributed by atoms with van der Waals surface area (Å²) in [5, 5.41) is 0. The molecule has 15 heavy (non-hydrogen) atoms. The Balaban J connectivity index is 4.39. The molecule has 0 spiro atoms. The number of ether oxygens (including phenoxy) is 1. The molecule has 0 rings (SSSR count). The summed E-state index contributed by atoms with van der Waals surface area (Å²) in [5.74, 6) is 0.0801. The minimum Gasteiger partial charge on any atom is -0.449 e. The van der Waals surface area contributed by atoms with E-state index in [1.807, 2.05) is 0 Å². The van der Waals surface area contributed by atoms with Crippen molar-refractivity contribution in [2.24, 2.45) is 0 Å². The van der Waals surface area contributed by atoms with E-state index in [9.17, 15) is 13.2 Å². The van der Waals surface area contributed by atoms with Crippen molar-refractivity contribution in [2.75, 3.05) is 12.5 Å². The molecule has 0 aromatic heterocycles.